The summed E-state index contributed by atoms with van der Waals surface area (Å²) in [6.07, 6.45) is 3.97. The predicted molar refractivity (Wildman–Crippen MR) is 89.1 cm³/mol. The van der Waals surface area contributed by atoms with Crippen molar-refractivity contribution in [1.82, 2.24) is 4.37 Å². The average Bonchev–Trinajstić information content (AvgIpc) is 2.82. The molecular weight excluding hydrogens is 282 g/mol. The molecule has 112 valence electrons. The van der Waals surface area contributed by atoms with E-state index in [2.05, 4.69) is 25.1 Å². The van der Waals surface area contributed by atoms with Crippen molar-refractivity contribution in [2.75, 3.05) is 7.11 Å². The molecule has 0 saturated heterocycles. The summed E-state index contributed by atoms with van der Waals surface area (Å²) in [4.78, 5) is 1.19. The second-order valence-corrected chi connectivity index (χ2v) is 7.07. The molecule has 1 N–H and O–H groups in total. The molecule has 0 unspecified atom stereocenters. The van der Waals surface area contributed by atoms with E-state index in [1.165, 1.54) is 16.4 Å². The number of rotatable bonds is 3. The van der Waals surface area contributed by atoms with Gasteiger partial charge in [0.25, 0.3) is 0 Å². The largest absolute Gasteiger partial charge is 0.504 e. The molecule has 1 aromatic heterocycles. The monoisotopic (exact) mass is 303 g/mol. The molecule has 0 bridgehead atoms. The molecule has 0 aliphatic heterocycles. The van der Waals surface area contributed by atoms with Gasteiger partial charge in [-0.15, -0.1) is 0 Å². The Kier molecular flexibility index (Phi) is 4.37. The lowest BCUT2D eigenvalue weighted by Crippen LogP contribution is -2.12. The number of hydrogen-bond donors (Lipinski definition) is 1. The topological polar surface area (TPSA) is 42.4 Å². The number of aryl methyl sites for hydroxylation is 1. The third-order valence-corrected chi connectivity index (χ3v) is 3.93. The van der Waals surface area contributed by atoms with Crippen LogP contribution in [0.5, 0.6) is 11.5 Å². The van der Waals surface area contributed by atoms with Crippen LogP contribution in [-0.2, 0) is 5.41 Å². The first-order valence-electron chi connectivity index (χ1n) is 6.84. The Bertz CT molecular complexity index is 666. The van der Waals surface area contributed by atoms with E-state index in [1.54, 1.807) is 7.11 Å². The highest BCUT2D eigenvalue weighted by Gasteiger charge is 2.21. The number of benzene rings is 1. The van der Waals surface area contributed by atoms with Crippen molar-refractivity contribution in [3.8, 4) is 11.5 Å². The molecule has 0 spiro atoms. The lowest BCUT2D eigenvalue weighted by Gasteiger charge is -2.22. The van der Waals surface area contributed by atoms with Gasteiger partial charge >= 0.3 is 0 Å². The van der Waals surface area contributed by atoms with Gasteiger partial charge in [0, 0.05) is 10.4 Å². The lowest BCUT2D eigenvalue weighted by atomic mass is 9.85. The Hall–Kier alpha value is -1.81. The van der Waals surface area contributed by atoms with Gasteiger partial charge in [-0.3, -0.25) is 0 Å². The molecule has 1 aromatic carbocycles. The highest BCUT2D eigenvalue weighted by Crippen LogP contribution is 2.39. The number of nitrogens with zero attached hydrogens (tertiary/aromatic N) is 1. The number of phenols is 1. The quantitative estimate of drug-likeness (QED) is 0.898. The fourth-order valence-electron chi connectivity index (χ4n) is 2.10. The van der Waals surface area contributed by atoms with Crippen molar-refractivity contribution in [1.29, 1.82) is 0 Å². The van der Waals surface area contributed by atoms with Crippen LogP contribution < -0.4 is 4.74 Å². The lowest BCUT2D eigenvalue weighted by molar-refractivity contribution is 0.364. The van der Waals surface area contributed by atoms with Gasteiger partial charge in [-0.2, -0.15) is 4.37 Å². The molecule has 21 heavy (non-hydrogen) atoms. The second kappa shape index (κ2) is 5.90. The minimum atomic E-state index is -0.154. The molecule has 3 nitrogen and oxygen atoms in total. The zero-order valence-electron chi connectivity index (χ0n) is 13.1. The molecule has 0 saturated carbocycles. The summed E-state index contributed by atoms with van der Waals surface area (Å²) in [7, 11) is 1.57. The molecule has 0 aliphatic carbocycles. The van der Waals surface area contributed by atoms with Gasteiger partial charge in [-0.25, -0.2) is 0 Å². The van der Waals surface area contributed by atoms with Crippen LogP contribution in [0.25, 0.3) is 12.2 Å². The van der Waals surface area contributed by atoms with Crippen molar-refractivity contribution in [2.45, 2.75) is 33.1 Å². The van der Waals surface area contributed by atoms with Gasteiger partial charge in [0.15, 0.2) is 11.5 Å². The summed E-state index contributed by atoms with van der Waals surface area (Å²) >= 11 is 1.49. The maximum Gasteiger partial charge on any atom is 0.161 e. The summed E-state index contributed by atoms with van der Waals surface area (Å²) in [5.41, 5.74) is 2.65. The number of methoxy groups -OCH3 is 1. The van der Waals surface area contributed by atoms with Crippen molar-refractivity contribution in [3.05, 3.63) is 39.9 Å². The number of hydrogen-bond acceptors (Lipinski definition) is 4. The van der Waals surface area contributed by atoms with Gasteiger partial charge in [0.1, 0.15) is 0 Å². The normalized spacial score (nSPS) is 12.0. The average molecular weight is 303 g/mol. The van der Waals surface area contributed by atoms with Gasteiger partial charge in [-0.1, -0.05) is 26.8 Å². The Labute approximate surface area is 130 Å². The first-order valence-corrected chi connectivity index (χ1v) is 7.61. The zero-order chi connectivity index (χ0) is 15.6. The van der Waals surface area contributed by atoms with Crippen LogP contribution in [0.3, 0.4) is 0 Å². The van der Waals surface area contributed by atoms with E-state index in [9.17, 15) is 5.11 Å². The van der Waals surface area contributed by atoms with Crippen LogP contribution in [0.2, 0.25) is 0 Å². The van der Waals surface area contributed by atoms with Gasteiger partial charge in [-0.05, 0) is 53.7 Å². The summed E-state index contributed by atoms with van der Waals surface area (Å²) in [5.74, 6) is 0.711. The minimum Gasteiger partial charge on any atom is -0.504 e. The molecule has 4 heteroatoms. The maximum absolute atomic E-state index is 10.3. The molecule has 2 rings (SSSR count). The molecule has 0 amide bonds. The predicted octanol–water partition coefficient (Wildman–Crippen LogP) is 4.63. The molecule has 0 aliphatic rings. The third-order valence-electron chi connectivity index (χ3n) is 3.22. The van der Waals surface area contributed by atoms with Crippen LogP contribution in [0.4, 0.5) is 0 Å². The van der Waals surface area contributed by atoms with E-state index in [0.717, 1.165) is 16.8 Å². The summed E-state index contributed by atoms with van der Waals surface area (Å²) in [6, 6.07) is 5.87. The standard InChI is InChI=1S/C17H21NO2S/c1-11-8-13(18-21-11)7-6-12-9-14(17(2,3)4)16(19)15(10-12)20-5/h6-10,19H,1-5H3/b7-6+. The molecular formula is C17H21NO2S. The molecule has 1 heterocycles. The van der Waals surface area contributed by atoms with Crippen molar-refractivity contribution >= 4 is 23.7 Å². The Morgan fingerprint density at radius 2 is 1.90 bits per heavy atom. The van der Waals surface area contributed by atoms with E-state index in [-0.39, 0.29) is 11.2 Å². The second-order valence-electron chi connectivity index (χ2n) is 6.07. The van der Waals surface area contributed by atoms with Crippen LogP contribution in [0, 0.1) is 6.92 Å². The fraction of sp³-hybridized carbons (Fsp3) is 0.353. The number of aromatic nitrogens is 1. The minimum absolute atomic E-state index is 0.154. The van der Waals surface area contributed by atoms with E-state index >= 15 is 0 Å². The molecule has 0 fully saturated rings. The Morgan fingerprint density at radius 1 is 1.19 bits per heavy atom. The van der Waals surface area contributed by atoms with E-state index in [1.807, 2.05) is 37.3 Å². The smallest absolute Gasteiger partial charge is 0.161 e. The van der Waals surface area contributed by atoms with Crippen LogP contribution >= 0.6 is 11.5 Å². The van der Waals surface area contributed by atoms with Crippen molar-refractivity contribution < 1.29 is 9.84 Å². The first kappa shape index (κ1) is 15.6. The van der Waals surface area contributed by atoms with Gasteiger partial charge < -0.3 is 9.84 Å². The zero-order valence-corrected chi connectivity index (χ0v) is 13.9. The van der Waals surface area contributed by atoms with Gasteiger partial charge in [0.05, 0.1) is 12.8 Å². The SMILES string of the molecule is COc1cc(/C=C/c2cc(C)sn2)cc(C(C)(C)C)c1O. The Morgan fingerprint density at radius 3 is 2.43 bits per heavy atom. The van der Waals surface area contributed by atoms with Crippen molar-refractivity contribution in [3.63, 3.8) is 0 Å². The highest BCUT2D eigenvalue weighted by atomic mass is 32.1. The van der Waals surface area contributed by atoms with Crippen LogP contribution in [0.1, 0.15) is 42.5 Å². The maximum atomic E-state index is 10.3. The molecule has 0 atom stereocenters. The summed E-state index contributed by atoms with van der Waals surface area (Å²) in [6.45, 7) is 8.24. The van der Waals surface area contributed by atoms with Crippen LogP contribution in [0.15, 0.2) is 18.2 Å². The van der Waals surface area contributed by atoms with E-state index < -0.39 is 0 Å². The van der Waals surface area contributed by atoms with Crippen LogP contribution in [-0.4, -0.2) is 16.6 Å². The first-order chi connectivity index (χ1) is 9.81. The number of ether oxygens (including phenoxy) is 1. The molecule has 2 aromatic rings. The fourth-order valence-corrected chi connectivity index (χ4v) is 2.63. The Balaban J connectivity index is 2.42. The summed E-state index contributed by atoms with van der Waals surface area (Å²) < 4.78 is 9.62. The highest BCUT2D eigenvalue weighted by molar-refractivity contribution is 7.05. The van der Waals surface area contributed by atoms with Gasteiger partial charge in [0.2, 0.25) is 0 Å². The number of aromatic hydroxyl groups is 1. The summed E-state index contributed by atoms with van der Waals surface area (Å²) in [5, 5.41) is 10.3. The van der Waals surface area contributed by atoms with Crippen molar-refractivity contribution in [2.24, 2.45) is 0 Å². The third kappa shape index (κ3) is 3.64. The van der Waals surface area contributed by atoms with E-state index in [0.29, 0.717) is 5.75 Å². The molecule has 0 radical (unpaired) electrons. The number of phenolic OH excluding ortho intramolecular Hbond substituents is 1. The van der Waals surface area contributed by atoms with E-state index in [4.69, 9.17) is 4.74 Å².